The van der Waals surface area contributed by atoms with Crippen molar-refractivity contribution in [3.8, 4) is 10.4 Å². The molecular formula is C14H14OS. The molecule has 0 fully saturated rings. The maximum Gasteiger partial charge on any atom is 0.165 e. The molecule has 0 saturated heterocycles. The molecule has 0 unspecified atom stereocenters. The number of ketones is 1. The highest BCUT2D eigenvalue weighted by atomic mass is 32.1. The highest BCUT2D eigenvalue weighted by Crippen LogP contribution is 2.25. The van der Waals surface area contributed by atoms with Crippen LogP contribution in [0.5, 0.6) is 0 Å². The Morgan fingerprint density at radius 3 is 2.62 bits per heavy atom. The summed E-state index contributed by atoms with van der Waals surface area (Å²) in [4.78, 5) is 13.1. The highest BCUT2D eigenvalue weighted by molar-refractivity contribution is 7.13. The second-order valence-corrected chi connectivity index (χ2v) is 5.02. The van der Waals surface area contributed by atoms with E-state index >= 15 is 0 Å². The van der Waals surface area contributed by atoms with Crippen molar-refractivity contribution in [2.75, 3.05) is 0 Å². The van der Waals surface area contributed by atoms with E-state index in [1.54, 1.807) is 11.3 Å². The molecule has 0 aliphatic rings. The lowest BCUT2D eigenvalue weighted by atomic mass is 9.99. The van der Waals surface area contributed by atoms with Gasteiger partial charge in [-0.25, -0.2) is 0 Å². The van der Waals surface area contributed by atoms with E-state index in [1.807, 2.05) is 49.6 Å². The predicted molar refractivity (Wildman–Crippen MR) is 68.9 cm³/mol. The van der Waals surface area contributed by atoms with Crippen LogP contribution in [0.4, 0.5) is 0 Å². The fourth-order valence-electron chi connectivity index (χ4n) is 1.60. The SMILES string of the molecule is CC(C)C(=O)c1cccc(-c2cccs2)c1. The summed E-state index contributed by atoms with van der Waals surface area (Å²) in [5, 5.41) is 2.05. The maximum absolute atomic E-state index is 11.9. The molecule has 1 aromatic heterocycles. The van der Waals surface area contributed by atoms with Gasteiger partial charge >= 0.3 is 0 Å². The summed E-state index contributed by atoms with van der Waals surface area (Å²) in [7, 11) is 0. The summed E-state index contributed by atoms with van der Waals surface area (Å²) in [5.41, 5.74) is 1.93. The molecular weight excluding hydrogens is 216 g/mol. The third kappa shape index (κ3) is 2.22. The largest absolute Gasteiger partial charge is 0.294 e. The summed E-state index contributed by atoms with van der Waals surface area (Å²) in [6, 6.07) is 12.0. The molecule has 0 N–H and O–H groups in total. The van der Waals surface area contributed by atoms with Gasteiger partial charge in [-0.05, 0) is 23.1 Å². The van der Waals surface area contributed by atoms with Crippen LogP contribution in [0.25, 0.3) is 10.4 Å². The predicted octanol–water partition coefficient (Wildman–Crippen LogP) is 4.25. The van der Waals surface area contributed by atoms with Gasteiger partial charge < -0.3 is 0 Å². The summed E-state index contributed by atoms with van der Waals surface area (Å²) in [6.07, 6.45) is 0. The number of Topliss-reactive ketones (excluding diaryl/α,β-unsaturated/α-hetero) is 1. The van der Waals surface area contributed by atoms with Crippen LogP contribution in [0, 0.1) is 5.92 Å². The molecule has 0 aliphatic heterocycles. The lowest BCUT2D eigenvalue weighted by molar-refractivity contribution is 0.0939. The average Bonchev–Trinajstić information content (AvgIpc) is 2.81. The summed E-state index contributed by atoms with van der Waals surface area (Å²) in [6.45, 7) is 3.86. The topological polar surface area (TPSA) is 17.1 Å². The van der Waals surface area contributed by atoms with E-state index in [4.69, 9.17) is 0 Å². The van der Waals surface area contributed by atoms with Crippen LogP contribution in [0.3, 0.4) is 0 Å². The van der Waals surface area contributed by atoms with Gasteiger partial charge in [0.05, 0.1) is 0 Å². The van der Waals surface area contributed by atoms with Gasteiger partial charge in [-0.2, -0.15) is 0 Å². The zero-order valence-electron chi connectivity index (χ0n) is 9.44. The van der Waals surface area contributed by atoms with Gasteiger partial charge in [0.1, 0.15) is 0 Å². The standard InChI is InChI=1S/C14H14OS/c1-10(2)14(15)12-6-3-5-11(9-12)13-7-4-8-16-13/h3-10H,1-2H3. The fourth-order valence-corrected chi connectivity index (χ4v) is 2.33. The maximum atomic E-state index is 11.9. The molecule has 0 spiro atoms. The number of hydrogen-bond donors (Lipinski definition) is 0. The van der Waals surface area contributed by atoms with Crippen molar-refractivity contribution in [2.24, 2.45) is 5.92 Å². The molecule has 0 amide bonds. The second-order valence-electron chi connectivity index (χ2n) is 4.08. The summed E-state index contributed by atoms with van der Waals surface area (Å²) in [5.74, 6) is 0.261. The number of rotatable bonds is 3. The van der Waals surface area contributed by atoms with Crippen LogP contribution in [0.2, 0.25) is 0 Å². The van der Waals surface area contributed by atoms with Gasteiger partial charge in [0.2, 0.25) is 0 Å². The molecule has 2 aromatic rings. The average molecular weight is 230 g/mol. The third-order valence-corrected chi connectivity index (χ3v) is 3.40. The number of benzene rings is 1. The van der Waals surface area contributed by atoms with E-state index in [2.05, 4.69) is 6.07 Å². The minimum absolute atomic E-state index is 0.0542. The van der Waals surface area contributed by atoms with Crippen LogP contribution in [-0.2, 0) is 0 Å². The van der Waals surface area contributed by atoms with Crippen molar-refractivity contribution in [3.05, 3.63) is 47.3 Å². The first-order valence-electron chi connectivity index (χ1n) is 5.36. The summed E-state index contributed by atoms with van der Waals surface area (Å²) < 4.78 is 0. The number of carbonyl (C=O) groups is 1. The Labute approximate surface area is 99.8 Å². The van der Waals surface area contributed by atoms with Gasteiger partial charge in [0.15, 0.2) is 5.78 Å². The Morgan fingerprint density at radius 2 is 2.00 bits per heavy atom. The first kappa shape index (κ1) is 11.1. The number of thiophene rings is 1. The minimum atomic E-state index is 0.0542. The molecule has 16 heavy (non-hydrogen) atoms. The van der Waals surface area contributed by atoms with Gasteiger partial charge in [0, 0.05) is 16.4 Å². The molecule has 0 aliphatic carbocycles. The Balaban J connectivity index is 2.37. The van der Waals surface area contributed by atoms with E-state index in [-0.39, 0.29) is 11.7 Å². The fraction of sp³-hybridized carbons (Fsp3) is 0.214. The van der Waals surface area contributed by atoms with Crippen molar-refractivity contribution >= 4 is 17.1 Å². The first-order valence-corrected chi connectivity index (χ1v) is 6.24. The van der Waals surface area contributed by atoms with Gasteiger partial charge in [-0.1, -0.05) is 38.1 Å². The van der Waals surface area contributed by atoms with Crippen molar-refractivity contribution < 1.29 is 4.79 Å². The number of hydrogen-bond acceptors (Lipinski definition) is 2. The van der Waals surface area contributed by atoms with E-state index in [1.165, 1.54) is 4.88 Å². The Hall–Kier alpha value is -1.41. The smallest absolute Gasteiger partial charge is 0.165 e. The zero-order chi connectivity index (χ0) is 11.5. The quantitative estimate of drug-likeness (QED) is 0.720. The molecule has 1 aromatic carbocycles. The van der Waals surface area contributed by atoms with Crippen molar-refractivity contribution in [1.29, 1.82) is 0 Å². The normalized spacial score (nSPS) is 10.7. The van der Waals surface area contributed by atoms with Gasteiger partial charge in [-0.3, -0.25) is 4.79 Å². The lowest BCUT2D eigenvalue weighted by Crippen LogP contribution is -2.07. The van der Waals surface area contributed by atoms with Crippen LogP contribution < -0.4 is 0 Å². The lowest BCUT2D eigenvalue weighted by Gasteiger charge is -2.05. The van der Waals surface area contributed by atoms with E-state index in [9.17, 15) is 4.79 Å². The number of carbonyl (C=O) groups excluding carboxylic acids is 1. The molecule has 1 nitrogen and oxygen atoms in total. The van der Waals surface area contributed by atoms with E-state index < -0.39 is 0 Å². The second kappa shape index (κ2) is 4.62. The Kier molecular flexibility index (Phi) is 3.20. The highest BCUT2D eigenvalue weighted by Gasteiger charge is 2.11. The van der Waals surface area contributed by atoms with Crippen LogP contribution in [0.15, 0.2) is 41.8 Å². The molecule has 2 rings (SSSR count). The molecule has 0 saturated carbocycles. The van der Waals surface area contributed by atoms with E-state index in [0.717, 1.165) is 11.1 Å². The molecule has 0 bridgehead atoms. The molecule has 0 radical (unpaired) electrons. The molecule has 0 atom stereocenters. The first-order chi connectivity index (χ1) is 7.68. The molecule has 2 heteroatoms. The van der Waals surface area contributed by atoms with Crippen LogP contribution in [0.1, 0.15) is 24.2 Å². The van der Waals surface area contributed by atoms with Crippen LogP contribution >= 0.6 is 11.3 Å². The summed E-state index contributed by atoms with van der Waals surface area (Å²) >= 11 is 1.69. The van der Waals surface area contributed by atoms with Gasteiger partial charge in [-0.15, -0.1) is 11.3 Å². The third-order valence-electron chi connectivity index (χ3n) is 2.48. The zero-order valence-corrected chi connectivity index (χ0v) is 10.3. The molecule has 82 valence electrons. The van der Waals surface area contributed by atoms with Crippen LogP contribution in [-0.4, -0.2) is 5.78 Å². The molecule has 1 heterocycles. The Bertz CT molecular complexity index is 483. The Morgan fingerprint density at radius 1 is 1.19 bits per heavy atom. The monoisotopic (exact) mass is 230 g/mol. The minimum Gasteiger partial charge on any atom is -0.294 e. The van der Waals surface area contributed by atoms with E-state index in [0.29, 0.717) is 0 Å². The van der Waals surface area contributed by atoms with Gasteiger partial charge in [0.25, 0.3) is 0 Å². The van der Waals surface area contributed by atoms with Crippen molar-refractivity contribution in [3.63, 3.8) is 0 Å². The van der Waals surface area contributed by atoms with Crippen molar-refractivity contribution in [2.45, 2.75) is 13.8 Å². The van der Waals surface area contributed by atoms with Crippen molar-refractivity contribution in [1.82, 2.24) is 0 Å².